The lowest BCUT2D eigenvalue weighted by Crippen LogP contribution is -2.22. The van der Waals surface area contributed by atoms with Gasteiger partial charge < -0.3 is 0 Å². The van der Waals surface area contributed by atoms with Crippen LogP contribution in [0.2, 0.25) is 0 Å². The normalized spacial score (nSPS) is 11.1. The summed E-state index contributed by atoms with van der Waals surface area (Å²) >= 11 is 0. The maximum atomic E-state index is 13.0. The molecule has 0 amide bonds. The van der Waals surface area contributed by atoms with Gasteiger partial charge in [0.1, 0.15) is 5.82 Å². The maximum absolute atomic E-state index is 13.0. The molecule has 0 saturated carbocycles. The number of hydrogen-bond acceptors (Lipinski definition) is 4. The summed E-state index contributed by atoms with van der Waals surface area (Å²) in [6.07, 6.45) is 1.54. The number of rotatable bonds is 4. The number of anilines is 1. The Balaban J connectivity index is 1.78. The molecule has 132 valence electrons. The van der Waals surface area contributed by atoms with Gasteiger partial charge in [0.2, 0.25) is 5.95 Å². The van der Waals surface area contributed by atoms with Crippen LogP contribution in [-0.2, 0) is 0 Å². The fraction of sp³-hybridized carbons (Fsp3) is 0. The van der Waals surface area contributed by atoms with E-state index in [9.17, 15) is 9.18 Å². The van der Waals surface area contributed by atoms with E-state index in [0.717, 1.165) is 5.56 Å². The van der Waals surface area contributed by atoms with Crippen molar-refractivity contribution in [2.75, 3.05) is 5.43 Å². The van der Waals surface area contributed by atoms with Gasteiger partial charge in [0.25, 0.3) is 5.56 Å². The summed E-state index contributed by atoms with van der Waals surface area (Å²) in [5, 5.41) is 4.68. The summed E-state index contributed by atoms with van der Waals surface area (Å²) in [4.78, 5) is 17.5. The Morgan fingerprint density at radius 2 is 1.63 bits per heavy atom. The molecule has 0 aliphatic rings. The van der Waals surface area contributed by atoms with Gasteiger partial charge in [-0.2, -0.15) is 5.10 Å². The van der Waals surface area contributed by atoms with Gasteiger partial charge in [0.05, 0.1) is 22.8 Å². The molecule has 27 heavy (non-hydrogen) atoms. The number of para-hydroxylation sites is 2. The van der Waals surface area contributed by atoms with Crippen LogP contribution >= 0.6 is 0 Å². The third-order valence-corrected chi connectivity index (χ3v) is 4.04. The lowest BCUT2D eigenvalue weighted by atomic mass is 10.2. The van der Waals surface area contributed by atoms with Gasteiger partial charge >= 0.3 is 0 Å². The minimum atomic E-state index is -0.311. The first-order valence-corrected chi connectivity index (χ1v) is 8.34. The number of fused-ring (bicyclic) bond motifs is 1. The van der Waals surface area contributed by atoms with E-state index in [1.165, 1.54) is 22.9 Å². The van der Waals surface area contributed by atoms with Crippen LogP contribution in [0.4, 0.5) is 10.3 Å². The molecular weight excluding hydrogens is 343 g/mol. The Morgan fingerprint density at radius 1 is 0.926 bits per heavy atom. The highest BCUT2D eigenvalue weighted by atomic mass is 19.1. The molecule has 0 spiro atoms. The predicted octanol–water partition coefficient (Wildman–Crippen LogP) is 3.97. The molecule has 1 N–H and O–H groups in total. The molecule has 3 aromatic carbocycles. The Morgan fingerprint density at radius 3 is 2.41 bits per heavy atom. The number of hydrogen-bond donors (Lipinski definition) is 1. The van der Waals surface area contributed by atoms with Crippen molar-refractivity contribution in [2.24, 2.45) is 5.10 Å². The number of benzene rings is 3. The van der Waals surface area contributed by atoms with Gasteiger partial charge in [-0.05, 0) is 42.0 Å². The largest absolute Gasteiger partial charge is 0.268 e. The highest BCUT2D eigenvalue weighted by molar-refractivity contribution is 5.81. The summed E-state index contributed by atoms with van der Waals surface area (Å²) in [7, 11) is 0. The van der Waals surface area contributed by atoms with Crippen LogP contribution in [0.15, 0.2) is 88.8 Å². The van der Waals surface area contributed by atoms with Crippen molar-refractivity contribution in [2.45, 2.75) is 0 Å². The van der Waals surface area contributed by atoms with Crippen LogP contribution in [-0.4, -0.2) is 15.8 Å². The second-order valence-electron chi connectivity index (χ2n) is 5.85. The fourth-order valence-corrected chi connectivity index (χ4v) is 2.74. The van der Waals surface area contributed by atoms with Gasteiger partial charge in [-0.25, -0.2) is 19.4 Å². The lowest BCUT2D eigenvalue weighted by molar-refractivity contribution is 0.628. The van der Waals surface area contributed by atoms with Crippen molar-refractivity contribution in [1.82, 2.24) is 9.55 Å². The molecule has 0 atom stereocenters. The Hall–Kier alpha value is -3.80. The van der Waals surface area contributed by atoms with E-state index in [2.05, 4.69) is 15.5 Å². The third-order valence-electron chi connectivity index (χ3n) is 4.04. The molecule has 1 heterocycles. The van der Waals surface area contributed by atoms with Crippen LogP contribution in [0, 0.1) is 5.82 Å². The first-order chi connectivity index (χ1) is 13.2. The summed E-state index contributed by atoms with van der Waals surface area (Å²) < 4.78 is 14.5. The summed E-state index contributed by atoms with van der Waals surface area (Å²) in [6.45, 7) is 0. The first-order valence-electron chi connectivity index (χ1n) is 8.34. The van der Waals surface area contributed by atoms with Crippen molar-refractivity contribution in [3.63, 3.8) is 0 Å². The number of aromatic nitrogens is 2. The van der Waals surface area contributed by atoms with Crippen LogP contribution in [0.5, 0.6) is 0 Å². The van der Waals surface area contributed by atoms with E-state index < -0.39 is 0 Å². The first kappa shape index (κ1) is 16.7. The third kappa shape index (κ3) is 3.46. The Labute approximate surface area is 154 Å². The van der Waals surface area contributed by atoms with Crippen molar-refractivity contribution in [1.29, 1.82) is 0 Å². The smallest absolute Gasteiger partial charge is 0.267 e. The number of halogens is 1. The minimum Gasteiger partial charge on any atom is -0.268 e. The van der Waals surface area contributed by atoms with Crippen LogP contribution < -0.4 is 11.0 Å². The number of hydrazone groups is 1. The maximum Gasteiger partial charge on any atom is 0.267 e. The average Bonchev–Trinajstić information content (AvgIpc) is 2.70. The van der Waals surface area contributed by atoms with E-state index >= 15 is 0 Å². The lowest BCUT2D eigenvalue weighted by Gasteiger charge is -2.12. The average molecular weight is 358 g/mol. The predicted molar refractivity (Wildman–Crippen MR) is 105 cm³/mol. The molecular formula is C21H15FN4O. The van der Waals surface area contributed by atoms with Crippen LogP contribution in [0.3, 0.4) is 0 Å². The standard InChI is InChI=1S/C21H15FN4O/c22-16-12-10-15(11-13-16)14-23-25-21-24-19-9-5-4-8-18(19)20(27)26(21)17-6-2-1-3-7-17/h1-14H,(H,24,25)/b23-14+. The topological polar surface area (TPSA) is 59.3 Å². The Kier molecular flexibility index (Phi) is 4.45. The van der Waals surface area contributed by atoms with Gasteiger partial charge in [0, 0.05) is 0 Å². The highest BCUT2D eigenvalue weighted by Crippen LogP contribution is 2.16. The second-order valence-corrected chi connectivity index (χ2v) is 5.85. The molecule has 4 rings (SSSR count). The molecule has 4 aromatic rings. The molecule has 0 aliphatic carbocycles. The molecule has 0 fully saturated rings. The minimum absolute atomic E-state index is 0.189. The van der Waals surface area contributed by atoms with E-state index in [1.54, 1.807) is 30.3 Å². The van der Waals surface area contributed by atoms with Crippen molar-refractivity contribution in [3.05, 3.63) is 101 Å². The van der Waals surface area contributed by atoms with E-state index in [0.29, 0.717) is 22.5 Å². The Bertz CT molecular complexity index is 1170. The van der Waals surface area contributed by atoms with Crippen molar-refractivity contribution in [3.8, 4) is 5.69 Å². The van der Waals surface area contributed by atoms with Crippen molar-refractivity contribution < 1.29 is 4.39 Å². The van der Waals surface area contributed by atoms with Crippen LogP contribution in [0.25, 0.3) is 16.6 Å². The quantitative estimate of drug-likeness (QED) is 0.444. The van der Waals surface area contributed by atoms with E-state index in [4.69, 9.17) is 0 Å². The molecule has 1 aromatic heterocycles. The molecule has 0 aliphatic heterocycles. The van der Waals surface area contributed by atoms with E-state index in [-0.39, 0.29) is 11.4 Å². The molecule has 0 radical (unpaired) electrons. The fourth-order valence-electron chi connectivity index (χ4n) is 2.74. The van der Waals surface area contributed by atoms with Crippen LogP contribution in [0.1, 0.15) is 5.56 Å². The molecule has 0 saturated heterocycles. The van der Waals surface area contributed by atoms with Gasteiger partial charge in [-0.15, -0.1) is 0 Å². The molecule has 5 nitrogen and oxygen atoms in total. The number of nitrogens with one attached hydrogen (secondary N) is 1. The SMILES string of the molecule is O=c1c2ccccc2nc(N/N=C/c2ccc(F)cc2)n1-c1ccccc1. The van der Waals surface area contributed by atoms with Gasteiger partial charge in [-0.3, -0.25) is 4.79 Å². The van der Waals surface area contributed by atoms with Gasteiger partial charge in [0.15, 0.2) is 0 Å². The van der Waals surface area contributed by atoms with Crippen molar-refractivity contribution >= 4 is 23.1 Å². The summed E-state index contributed by atoms with van der Waals surface area (Å²) in [6, 6.07) is 22.3. The monoisotopic (exact) mass is 358 g/mol. The van der Waals surface area contributed by atoms with E-state index in [1.807, 2.05) is 36.4 Å². The second kappa shape index (κ2) is 7.21. The zero-order valence-corrected chi connectivity index (χ0v) is 14.2. The highest BCUT2D eigenvalue weighted by Gasteiger charge is 2.11. The van der Waals surface area contributed by atoms with Gasteiger partial charge in [-0.1, -0.05) is 42.5 Å². The zero-order valence-electron chi connectivity index (χ0n) is 14.2. The zero-order chi connectivity index (χ0) is 18.6. The number of nitrogens with zero attached hydrogens (tertiary/aromatic N) is 3. The molecule has 0 unspecified atom stereocenters. The summed E-state index contributed by atoms with van der Waals surface area (Å²) in [5.41, 5.74) is 4.63. The molecule has 6 heteroatoms. The molecule has 0 bridgehead atoms. The summed E-state index contributed by atoms with van der Waals surface area (Å²) in [5.74, 6) is -0.0162.